The minimum absolute atomic E-state index is 0.130. The van der Waals surface area contributed by atoms with Gasteiger partial charge in [-0.15, -0.1) is 0 Å². The Hall–Kier alpha value is -2.92. The predicted molar refractivity (Wildman–Crippen MR) is 125 cm³/mol. The Bertz CT molecular complexity index is 1140. The molecule has 1 aliphatic heterocycles. The fourth-order valence-electron chi connectivity index (χ4n) is 4.10. The standard InChI is InChI=1S/C24H31NO9/c1-8-11-31-20-14-9-10-15(12(2)19(14)33-22(28)16(20)13(3)25-30-7)32-23-18(27)17(26)21(29-6)24(4,5)34-23/h8-10,17-18,21,23,26-27H,1,11H2,2-7H3/t17-,18-,21-,23-/m1/s1. The molecule has 0 saturated carbocycles. The number of hydrogen-bond donors (Lipinski definition) is 2. The highest BCUT2D eigenvalue weighted by Gasteiger charge is 2.50. The zero-order chi connectivity index (χ0) is 25.2. The summed E-state index contributed by atoms with van der Waals surface area (Å²) in [7, 11) is 2.81. The van der Waals surface area contributed by atoms with Crippen LogP contribution in [0, 0.1) is 6.92 Å². The van der Waals surface area contributed by atoms with Gasteiger partial charge in [-0.1, -0.05) is 17.8 Å². The van der Waals surface area contributed by atoms with Crippen LogP contribution in [0.25, 0.3) is 11.0 Å². The first-order valence-corrected chi connectivity index (χ1v) is 10.7. The minimum atomic E-state index is -1.37. The van der Waals surface area contributed by atoms with Crippen molar-refractivity contribution in [3.63, 3.8) is 0 Å². The minimum Gasteiger partial charge on any atom is -0.488 e. The normalized spacial score (nSPS) is 24.6. The SMILES string of the molecule is C=CCOc1c(C(C)=NOC)c(=O)oc2c(C)c(O[C@@H]3OC(C)(C)[C@H](OC)[C@H](O)[C@H]3O)ccc12. The fourth-order valence-corrected chi connectivity index (χ4v) is 4.10. The molecule has 34 heavy (non-hydrogen) atoms. The summed E-state index contributed by atoms with van der Waals surface area (Å²) in [4.78, 5) is 17.7. The lowest BCUT2D eigenvalue weighted by Gasteiger charge is -2.46. The third kappa shape index (κ3) is 4.67. The van der Waals surface area contributed by atoms with Crippen LogP contribution in [0.15, 0.2) is 39.2 Å². The lowest BCUT2D eigenvalue weighted by Crippen LogP contribution is -2.63. The monoisotopic (exact) mass is 477 g/mol. The Labute approximate surface area is 197 Å². The zero-order valence-corrected chi connectivity index (χ0v) is 20.2. The molecule has 2 heterocycles. The van der Waals surface area contributed by atoms with E-state index in [4.69, 9.17) is 28.2 Å². The molecular formula is C24H31NO9. The molecule has 0 spiro atoms. The van der Waals surface area contributed by atoms with Crippen molar-refractivity contribution in [2.24, 2.45) is 5.16 Å². The van der Waals surface area contributed by atoms with Gasteiger partial charge in [0.2, 0.25) is 6.29 Å². The van der Waals surface area contributed by atoms with Gasteiger partial charge >= 0.3 is 5.63 Å². The molecular weight excluding hydrogens is 446 g/mol. The summed E-state index contributed by atoms with van der Waals surface area (Å²) in [6, 6.07) is 3.31. The number of oxime groups is 1. The Balaban J connectivity index is 2.08. The molecule has 2 aromatic rings. The smallest absolute Gasteiger partial charge is 0.349 e. The lowest BCUT2D eigenvalue weighted by atomic mass is 9.89. The Morgan fingerprint density at radius 1 is 1.26 bits per heavy atom. The predicted octanol–water partition coefficient (Wildman–Crippen LogP) is 2.29. The second kappa shape index (κ2) is 10.1. The Morgan fingerprint density at radius 3 is 2.59 bits per heavy atom. The van der Waals surface area contributed by atoms with Crippen LogP contribution in [0.2, 0.25) is 0 Å². The van der Waals surface area contributed by atoms with Crippen LogP contribution in [0.5, 0.6) is 11.5 Å². The Kier molecular flexibility index (Phi) is 7.67. The summed E-state index contributed by atoms with van der Waals surface area (Å²) in [5, 5.41) is 25.4. The number of benzene rings is 1. The van der Waals surface area contributed by atoms with Gasteiger partial charge < -0.3 is 38.4 Å². The molecule has 1 aromatic heterocycles. The van der Waals surface area contributed by atoms with Crippen LogP contribution in [-0.4, -0.2) is 67.0 Å². The first kappa shape index (κ1) is 25.7. The molecule has 3 rings (SSSR count). The summed E-state index contributed by atoms with van der Waals surface area (Å²) < 4.78 is 28.5. The summed E-state index contributed by atoms with van der Waals surface area (Å²) >= 11 is 0. The van der Waals surface area contributed by atoms with Crippen LogP contribution in [0.3, 0.4) is 0 Å². The van der Waals surface area contributed by atoms with Crippen molar-refractivity contribution in [2.75, 3.05) is 20.8 Å². The maximum atomic E-state index is 12.9. The van der Waals surface area contributed by atoms with Crippen molar-refractivity contribution < 1.29 is 38.4 Å². The number of aryl methyl sites for hydroxylation is 1. The molecule has 186 valence electrons. The molecule has 0 bridgehead atoms. The summed E-state index contributed by atoms with van der Waals surface area (Å²) in [5.74, 6) is 0.566. The van der Waals surface area contributed by atoms with E-state index in [9.17, 15) is 15.0 Å². The van der Waals surface area contributed by atoms with Crippen molar-refractivity contribution in [3.05, 3.63) is 46.3 Å². The third-order valence-electron chi connectivity index (χ3n) is 5.70. The van der Waals surface area contributed by atoms with E-state index in [1.807, 2.05) is 0 Å². The molecule has 0 amide bonds. The largest absolute Gasteiger partial charge is 0.488 e. The Morgan fingerprint density at radius 2 is 1.97 bits per heavy atom. The lowest BCUT2D eigenvalue weighted by molar-refractivity contribution is -0.306. The fraction of sp³-hybridized carbons (Fsp3) is 0.500. The van der Waals surface area contributed by atoms with E-state index in [-0.39, 0.29) is 29.2 Å². The molecule has 1 fully saturated rings. The summed E-state index contributed by atoms with van der Waals surface area (Å²) in [6.07, 6.45) is -2.99. The quantitative estimate of drug-likeness (QED) is 0.255. The van der Waals surface area contributed by atoms with E-state index in [0.717, 1.165) is 0 Å². The number of methoxy groups -OCH3 is 1. The van der Waals surface area contributed by atoms with Gasteiger partial charge in [0.15, 0.2) is 0 Å². The van der Waals surface area contributed by atoms with E-state index in [2.05, 4.69) is 11.7 Å². The molecule has 0 unspecified atom stereocenters. The summed E-state index contributed by atoms with van der Waals surface area (Å²) in [5.41, 5.74) is -0.478. The van der Waals surface area contributed by atoms with E-state index in [1.54, 1.807) is 45.9 Å². The zero-order valence-electron chi connectivity index (χ0n) is 20.2. The molecule has 1 saturated heterocycles. The first-order chi connectivity index (χ1) is 16.1. The van der Waals surface area contributed by atoms with Gasteiger partial charge in [0, 0.05) is 12.7 Å². The third-order valence-corrected chi connectivity index (χ3v) is 5.70. The van der Waals surface area contributed by atoms with Crippen molar-refractivity contribution in [2.45, 2.75) is 57.9 Å². The van der Waals surface area contributed by atoms with Crippen molar-refractivity contribution >= 4 is 16.7 Å². The summed E-state index contributed by atoms with van der Waals surface area (Å²) in [6.45, 7) is 10.6. The average molecular weight is 478 g/mol. The second-order valence-electron chi connectivity index (χ2n) is 8.46. The van der Waals surface area contributed by atoms with Crippen LogP contribution < -0.4 is 15.1 Å². The number of hydrogen-bond acceptors (Lipinski definition) is 10. The molecule has 0 aliphatic carbocycles. The van der Waals surface area contributed by atoms with Gasteiger partial charge in [-0.25, -0.2) is 4.79 Å². The first-order valence-electron chi connectivity index (χ1n) is 10.7. The molecule has 4 atom stereocenters. The highest BCUT2D eigenvalue weighted by molar-refractivity contribution is 6.05. The van der Waals surface area contributed by atoms with Gasteiger partial charge in [0.1, 0.15) is 54.7 Å². The number of fused-ring (bicyclic) bond motifs is 1. The van der Waals surface area contributed by atoms with E-state index >= 15 is 0 Å². The number of nitrogens with zero attached hydrogens (tertiary/aromatic N) is 1. The number of ether oxygens (including phenoxy) is 4. The van der Waals surface area contributed by atoms with Crippen molar-refractivity contribution in [3.8, 4) is 11.5 Å². The average Bonchev–Trinajstić information content (AvgIpc) is 2.77. The van der Waals surface area contributed by atoms with Crippen LogP contribution >= 0.6 is 0 Å². The van der Waals surface area contributed by atoms with Gasteiger partial charge in [-0.05, 0) is 39.8 Å². The van der Waals surface area contributed by atoms with E-state index in [1.165, 1.54) is 14.2 Å². The van der Waals surface area contributed by atoms with E-state index in [0.29, 0.717) is 16.7 Å². The van der Waals surface area contributed by atoms with Crippen molar-refractivity contribution in [1.82, 2.24) is 0 Å². The highest BCUT2D eigenvalue weighted by Crippen LogP contribution is 2.37. The number of aliphatic hydroxyl groups excluding tert-OH is 2. The maximum absolute atomic E-state index is 12.9. The van der Waals surface area contributed by atoms with Crippen LogP contribution in [0.1, 0.15) is 31.9 Å². The molecule has 10 nitrogen and oxygen atoms in total. The number of aliphatic hydroxyl groups is 2. The van der Waals surface area contributed by atoms with Gasteiger partial charge in [0.25, 0.3) is 0 Å². The van der Waals surface area contributed by atoms with Crippen LogP contribution in [0.4, 0.5) is 0 Å². The van der Waals surface area contributed by atoms with Gasteiger partial charge in [0.05, 0.1) is 16.7 Å². The molecule has 1 aliphatic rings. The molecule has 10 heteroatoms. The molecule has 0 radical (unpaired) electrons. The molecule has 1 aromatic carbocycles. The van der Waals surface area contributed by atoms with E-state index < -0.39 is 35.8 Å². The van der Waals surface area contributed by atoms with Gasteiger partial charge in [-0.2, -0.15) is 0 Å². The second-order valence-corrected chi connectivity index (χ2v) is 8.46. The number of rotatable bonds is 8. The maximum Gasteiger partial charge on any atom is 0.349 e. The topological polar surface area (TPSA) is 129 Å². The molecule has 2 N–H and O–H groups in total. The van der Waals surface area contributed by atoms with Crippen LogP contribution in [-0.2, 0) is 14.3 Å². The van der Waals surface area contributed by atoms with Crippen molar-refractivity contribution in [1.29, 1.82) is 0 Å². The highest BCUT2D eigenvalue weighted by atomic mass is 16.7. The van der Waals surface area contributed by atoms with Gasteiger partial charge in [-0.3, -0.25) is 0 Å².